The lowest BCUT2D eigenvalue weighted by Crippen LogP contribution is -2.45. The van der Waals surface area contributed by atoms with Crippen LogP contribution in [-0.4, -0.2) is 29.8 Å². The smallest absolute Gasteiger partial charge is 0.251 e. The zero-order chi connectivity index (χ0) is 15.9. The second-order valence-corrected chi connectivity index (χ2v) is 5.24. The zero-order valence-electron chi connectivity index (χ0n) is 12.8. The van der Waals surface area contributed by atoms with Crippen molar-refractivity contribution in [1.82, 2.24) is 10.2 Å². The average molecular weight is 296 g/mol. The molecule has 0 spiro atoms. The van der Waals surface area contributed by atoms with Crippen molar-refractivity contribution in [2.75, 3.05) is 7.05 Å². The van der Waals surface area contributed by atoms with Gasteiger partial charge in [-0.15, -0.1) is 0 Å². The van der Waals surface area contributed by atoms with Gasteiger partial charge in [-0.2, -0.15) is 0 Å². The molecule has 0 heterocycles. The molecule has 4 heteroatoms. The summed E-state index contributed by atoms with van der Waals surface area (Å²) in [5.41, 5.74) is 1.60. The first-order valence-corrected chi connectivity index (χ1v) is 7.22. The van der Waals surface area contributed by atoms with Gasteiger partial charge in [0.1, 0.15) is 6.04 Å². The van der Waals surface area contributed by atoms with Crippen molar-refractivity contribution >= 4 is 11.8 Å². The van der Waals surface area contributed by atoms with E-state index in [0.717, 1.165) is 5.56 Å². The minimum absolute atomic E-state index is 0.117. The maximum absolute atomic E-state index is 12.3. The predicted molar refractivity (Wildman–Crippen MR) is 86.3 cm³/mol. The van der Waals surface area contributed by atoms with E-state index in [1.165, 1.54) is 0 Å². The van der Waals surface area contributed by atoms with Gasteiger partial charge in [0.05, 0.1) is 0 Å². The van der Waals surface area contributed by atoms with Gasteiger partial charge in [-0.1, -0.05) is 48.5 Å². The van der Waals surface area contributed by atoms with E-state index in [2.05, 4.69) is 5.32 Å². The minimum Gasteiger partial charge on any atom is -0.341 e. The highest BCUT2D eigenvalue weighted by molar-refractivity contribution is 5.97. The molecule has 0 saturated heterocycles. The minimum atomic E-state index is -0.568. The summed E-state index contributed by atoms with van der Waals surface area (Å²) in [6.07, 6.45) is 0. The number of nitrogens with one attached hydrogen (secondary N) is 1. The summed E-state index contributed by atoms with van der Waals surface area (Å²) < 4.78 is 0. The number of hydrogen-bond donors (Lipinski definition) is 1. The summed E-state index contributed by atoms with van der Waals surface area (Å²) in [5, 5.41) is 2.73. The molecule has 0 aliphatic rings. The number of rotatable bonds is 5. The molecule has 0 bridgehead atoms. The van der Waals surface area contributed by atoms with Crippen LogP contribution < -0.4 is 5.32 Å². The van der Waals surface area contributed by atoms with Crippen LogP contribution in [0.2, 0.25) is 0 Å². The van der Waals surface area contributed by atoms with Crippen LogP contribution in [-0.2, 0) is 11.3 Å². The van der Waals surface area contributed by atoms with E-state index in [4.69, 9.17) is 0 Å². The van der Waals surface area contributed by atoms with Crippen molar-refractivity contribution in [1.29, 1.82) is 0 Å². The van der Waals surface area contributed by atoms with E-state index < -0.39 is 6.04 Å². The highest BCUT2D eigenvalue weighted by atomic mass is 16.2. The van der Waals surface area contributed by atoms with Gasteiger partial charge >= 0.3 is 0 Å². The molecule has 114 valence electrons. The highest BCUT2D eigenvalue weighted by Crippen LogP contribution is 2.05. The number of hydrogen-bond acceptors (Lipinski definition) is 2. The largest absolute Gasteiger partial charge is 0.341 e. The van der Waals surface area contributed by atoms with Crippen LogP contribution in [0.25, 0.3) is 0 Å². The fraction of sp³-hybridized carbons (Fsp3) is 0.222. The summed E-state index contributed by atoms with van der Waals surface area (Å²) >= 11 is 0. The second-order valence-electron chi connectivity index (χ2n) is 5.24. The fourth-order valence-electron chi connectivity index (χ4n) is 2.20. The molecule has 4 nitrogen and oxygen atoms in total. The topological polar surface area (TPSA) is 49.4 Å². The van der Waals surface area contributed by atoms with Crippen molar-refractivity contribution in [3.05, 3.63) is 71.8 Å². The molecule has 0 aliphatic heterocycles. The van der Waals surface area contributed by atoms with Crippen molar-refractivity contribution in [3.8, 4) is 0 Å². The Bertz CT molecular complexity index is 626. The maximum atomic E-state index is 12.3. The highest BCUT2D eigenvalue weighted by Gasteiger charge is 2.20. The molecule has 2 aromatic rings. The quantitative estimate of drug-likeness (QED) is 0.921. The number of amides is 2. The Morgan fingerprint density at radius 2 is 1.55 bits per heavy atom. The number of benzene rings is 2. The molecule has 0 fully saturated rings. The van der Waals surface area contributed by atoms with E-state index in [1.54, 1.807) is 43.1 Å². The number of nitrogens with zero attached hydrogens (tertiary/aromatic N) is 1. The Morgan fingerprint density at radius 1 is 1.00 bits per heavy atom. The van der Waals surface area contributed by atoms with Crippen LogP contribution in [0.1, 0.15) is 22.8 Å². The third kappa shape index (κ3) is 4.19. The van der Waals surface area contributed by atoms with Crippen LogP contribution in [0.4, 0.5) is 0 Å². The van der Waals surface area contributed by atoms with Crippen LogP contribution in [0, 0.1) is 0 Å². The van der Waals surface area contributed by atoms with Gasteiger partial charge in [0, 0.05) is 19.2 Å². The van der Waals surface area contributed by atoms with Crippen molar-refractivity contribution in [3.63, 3.8) is 0 Å². The third-order valence-electron chi connectivity index (χ3n) is 3.39. The molecular formula is C18H20N2O2. The predicted octanol–water partition coefficient (Wildman–Crippen LogP) is 2.46. The van der Waals surface area contributed by atoms with Gasteiger partial charge in [-0.05, 0) is 24.6 Å². The first-order chi connectivity index (χ1) is 10.6. The molecule has 0 aliphatic carbocycles. The summed E-state index contributed by atoms with van der Waals surface area (Å²) in [6, 6.07) is 18.1. The molecule has 1 atom stereocenters. The van der Waals surface area contributed by atoms with Crippen LogP contribution >= 0.6 is 0 Å². The van der Waals surface area contributed by atoms with Crippen molar-refractivity contribution in [2.24, 2.45) is 0 Å². The Kier molecular flexibility index (Phi) is 5.31. The molecule has 2 rings (SSSR count). The van der Waals surface area contributed by atoms with Crippen molar-refractivity contribution < 1.29 is 9.59 Å². The monoisotopic (exact) mass is 296 g/mol. The fourth-order valence-corrected chi connectivity index (χ4v) is 2.20. The molecule has 0 radical (unpaired) electrons. The van der Waals surface area contributed by atoms with Gasteiger partial charge < -0.3 is 10.2 Å². The van der Waals surface area contributed by atoms with E-state index in [9.17, 15) is 9.59 Å². The molecular weight excluding hydrogens is 276 g/mol. The van der Waals surface area contributed by atoms with E-state index >= 15 is 0 Å². The first kappa shape index (κ1) is 15.8. The van der Waals surface area contributed by atoms with Crippen LogP contribution in [0.5, 0.6) is 0 Å². The van der Waals surface area contributed by atoms with Gasteiger partial charge in [0.15, 0.2) is 0 Å². The Morgan fingerprint density at radius 3 is 2.14 bits per heavy atom. The van der Waals surface area contributed by atoms with Crippen molar-refractivity contribution in [2.45, 2.75) is 19.5 Å². The molecule has 1 N–H and O–H groups in total. The third-order valence-corrected chi connectivity index (χ3v) is 3.39. The molecule has 1 unspecified atom stereocenters. The van der Waals surface area contributed by atoms with Gasteiger partial charge in [0.25, 0.3) is 5.91 Å². The van der Waals surface area contributed by atoms with Gasteiger partial charge in [-0.3, -0.25) is 9.59 Å². The standard InChI is InChI=1S/C18H20N2O2/c1-14(19-17(21)16-11-7-4-8-12-16)18(22)20(2)13-15-9-5-3-6-10-15/h3-12,14H,13H2,1-2H3,(H,19,21). The average Bonchev–Trinajstić information content (AvgIpc) is 2.55. The van der Waals surface area contributed by atoms with Crippen LogP contribution in [0.15, 0.2) is 60.7 Å². The van der Waals surface area contributed by atoms with E-state index in [-0.39, 0.29) is 11.8 Å². The summed E-state index contributed by atoms with van der Waals surface area (Å²) in [6.45, 7) is 2.22. The second kappa shape index (κ2) is 7.41. The maximum Gasteiger partial charge on any atom is 0.251 e. The Balaban J connectivity index is 1.93. The zero-order valence-corrected chi connectivity index (χ0v) is 12.8. The van der Waals surface area contributed by atoms with E-state index in [1.807, 2.05) is 36.4 Å². The molecule has 2 amide bonds. The molecule has 0 aromatic heterocycles. The Hall–Kier alpha value is -2.62. The molecule has 0 saturated carbocycles. The molecule has 2 aromatic carbocycles. The Labute approximate surface area is 130 Å². The lowest BCUT2D eigenvalue weighted by atomic mass is 10.2. The summed E-state index contributed by atoms with van der Waals surface area (Å²) in [5.74, 6) is -0.359. The number of carbonyl (C=O) groups excluding carboxylic acids is 2. The first-order valence-electron chi connectivity index (χ1n) is 7.22. The van der Waals surface area contributed by atoms with Gasteiger partial charge in [0.2, 0.25) is 5.91 Å². The number of carbonyl (C=O) groups is 2. The number of likely N-dealkylation sites (N-methyl/N-ethyl adjacent to an activating group) is 1. The van der Waals surface area contributed by atoms with E-state index in [0.29, 0.717) is 12.1 Å². The SMILES string of the molecule is CC(NC(=O)c1ccccc1)C(=O)N(C)Cc1ccccc1. The van der Waals surface area contributed by atoms with Crippen LogP contribution in [0.3, 0.4) is 0 Å². The lowest BCUT2D eigenvalue weighted by Gasteiger charge is -2.22. The summed E-state index contributed by atoms with van der Waals surface area (Å²) in [7, 11) is 1.74. The lowest BCUT2D eigenvalue weighted by molar-refractivity contribution is -0.132. The van der Waals surface area contributed by atoms with Gasteiger partial charge in [-0.25, -0.2) is 0 Å². The summed E-state index contributed by atoms with van der Waals surface area (Å²) in [4.78, 5) is 26.0. The normalized spacial score (nSPS) is 11.5. The molecule has 22 heavy (non-hydrogen) atoms.